The quantitative estimate of drug-likeness (QED) is 0.497. The van der Waals surface area contributed by atoms with Gasteiger partial charge in [-0.05, 0) is 6.07 Å². The zero-order valence-corrected chi connectivity index (χ0v) is 10.8. The van der Waals surface area contributed by atoms with Crippen molar-refractivity contribution in [2.75, 3.05) is 0 Å². The first-order chi connectivity index (χ1) is 8.79. The van der Waals surface area contributed by atoms with Crippen LogP contribution in [0.2, 0.25) is 0 Å². The van der Waals surface area contributed by atoms with Gasteiger partial charge < -0.3 is 4.52 Å². The van der Waals surface area contributed by atoms with Gasteiger partial charge in [0, 0.05) is 22.9 Å². The standard InChI is InChI=1S/C13H12N2O4/c1-13(2,3)10-5-7-4-8(15(17)18)6-9-11(7)14(10)19-12(9)16/h4-6H,1-3H3. The van der Waals surface area contributed by atoms with E-state index in [1.54, 1.807) is 0 Å². The highest BCUT2D eigenvalue weighted by atomic mass is 16.6. The molecule has 0 unspecified atom stereocenters. The maximum atomic E-state index is 11.8. The van der Waals surface area contributed by atoms with E-state index in [0.29, 0.717) is 10.9 Å². The second-order valence-electron chi connectivity index (χ2n) is 5.64. The van der Waals surface area contributed by atoms with Gasteiger partial charge in [0.25, 0.3) is 5.69 Å². The Bertz CT molecular complexity index is 851. The molecule has 0 aliphatic carbocycles. The molecule has 98 valence electrons. The van der Waals surface area contributed by atoms with E-state index in [1.165, 1.54) is 16.7 Å². The third kappa shape index (κ3) is 1.53. The van der Waals surface area contributed by atoms with Crippen molar-refractivity contribution >= 4 is 22.0 Å². The maximum absolute atomic E-state index is 11.8. The van der Waals surface area contributed by atoms with Gasteiger partial charge in [-0.1, -0.05) is 20.8 Å². The number of hydrogen-bond acceptors (Lipinski definition) is 4. The lowest BCUT2D eigenvalue weighted by Gasteiger charge is -2.16. The predicted molar refractivity (Wildman–Crippen MR) is 70.0 cm³/mol. The molecule has 0 bridgehead atoms. The van der Waals surface area contributed by atoms with Crippen LogP contribution in [0.4, 0.5) is 5.69 Å². The van der Waals surface area contributed by atoms with Crippen LogP contribution in [-0.4, -0.2) is 9.50 Å². The van der Waals surface area contributed by atoms with E-state index in [1.807, 2.05) is 26.8 Å². The Morgan fingerprint density at radius 2 is 1.95 bits per heavy atom. The molecule has 0 spiro atoms. The smallest absolute Gasteiger partial charge is 0.331 e. The van der Waals surface area contributed by atoms with Gasteiger partial charge in [-0.25, -0.2) is 4.79 Å². The van der Waals surface area contributed by atoms with Crippen LogP contribution in [0.25, 0.3) is 16.3 Å². The van der Waals surface area contributed by atoms with Crippen LogP contribution in [-0.2, 0) is 5.41 Å². The van der Waals surface area contributed by atoms with Crippen molar-refractivity contribution in [3.8, 4) is 0 Å². The molecule has 0 aliphatic rings. The van der Waals surface area contributed by atoms with Crippen LogP contribution in [0, 0.1) is 10.1 Å². The van der Waals surface area contributed by atoms with E-state index in [2.05, 4.69) is 0 Å². The fraction of sp³-hybridized carbons (Fsp3) is 0.308. The highest BCUT2D eigenvalue weighted by molar-refractivity contribution is 5.98. The molecule has 3 rings (SSSR count). The number of aromatic nitrogens is 1. The molecule has 0 saturated carbocycles. The lowest BCUT2D eigenvalue weighted by atomic mass is 9.92. The van der Waals surface area contributed by atoms with Gasteiger partial charge in [0.1, 0.15) is 5.52 Å². The van der Waals surface area contributed by atoms with E-state index >= 15 is 0 Å². The molecule has 0 saturated heterocycles. The number of benzene rings is 1. The van der Waals surface area contributed by atoms with E-state index in [-0.39, 0.29) is 16.5 Å². The summed E-state index contributed by atoms with van der Waals surface area (Å²) in [4.78, 5) is 22.2. The van der Waals surface area contributed by atoms with E-state index in [4.69, 9.17) is 4.52 Å². The van der Waals surface area contributed by atoms with Crippen LogP contribution < -0.4 is 5.63 Å². The average Bonchev–Trinajstić information content (AvgIpc) is 2.81. The van der Waals surface area contributed by atoms with E-state index in [0.717, 1.165) is 5.69 Å². The third-order valence-corrected chi connectivity index (χ3v) is 3.21. The third-order valence-electron chi connectivity index (χ3n) is 3.21. The Morgan fingerprint density at radius 1 is 1.26 bits per heavy atom. The van der Waals surface area contributed by atoms with Crippen molar-refractivity contribution in [2.24, 2.45) is 0 Å². The minimum Gasteiger partial charge on any atom is -0.331 e. The normalized spacial score (nSPS) is 12.6. The molecule has 0 N–H and O–H groups in total. The monoisotopic (exact) mass is 260 g/mol. The van der Waals surface area contributed by atoms with Gasteiger partial charge in [-0.15, -0.1) is 0 Å². The highest BCUT2D eigenvalue weighted by Crippen LogP contribution is 2.33. The summed E-state index contributed by atoms with van der Waals surface area (Å²) in [5.74, 6) is 0. The van der Waals surface area contributed by atoms with Crippen molar-refractivity contribution in [3.63, 3.8) is 0 Å². The fourth-order valence-electron chi connectivity index (χ4n) is 2.31. The maximum Gasteiger partial charge on any atom is 0.366 e. The van der Waals surface area contributed by atoms with Crippen LogP contribution >= 0.6 is 0 Å². The SMILES string of the molecule is CC(C)(C)c1cc2cc([N+](=O)[O-])cc3c(=O)on1c23. The van der Waals surface area contributed by atoms with Crippen molar-refractivity contribution in [1.29, 1.82) is 0 Å². The largest absolute Gasteiger partial charge is 0.366 e. The second-order valence-corrected chi connectivity index (χ2v) is 5.64. The van der Waals surface area contributed by atoms with Crippen LogP contribution in [0.5, 0.6) is 0 Å². The summed E-state index contributed by atoms with van der Waals surface area (Å²) in [5, 5.41) is 11.8. The Hall–Kier alpha value is -2.37. The van der Waals surface area contributed by atoms with Crippen molar-refractivity contribution in [3.05, 3.63) is 44.4 Å². The van der Waals surface area contributed by atoms with Gasteiger partial charge in [0.15, 0.2) is 0 Å². The summed E-state index contributed by atoms with van der Waals surface area (Å²) in [7, 11) is 0. The van der Waals surface area contributed by atoms with E-state index in [9.17, 15) is 14.9 Å². The molecule has 0 aliphatic heterocycles. The molecule has 1 aromatic carbocycles. The lowest BCUT2D eigenvalue weighted by Crippen LogP contribution is -2.13. The van der Waals surface area contributed by atoms with Gasteiger partial charge in [0.05, 0.1) is 16.0 Å². The molecule has 2 heterocycles. The van der Waals surface area contributed by atoms with Gasteiger partial charge >= 0.3 is 5.63 Å². The number of nitro benzene ring substituents is 1. The summed E-state index contributed by atoms with van der Waals surface area (Å²) in [5.41, 5.74) is 0.555. The molecule has 0 amide bonds. The van der Waals surface area contributed by atoms with Crippen LogP contribution in [0.3, 0.4) is 0 Å². The zero-order chi connectivity index (χ0) is 13.9. The molecule has 6 heteroatoms. The minimum absolute atomic E-state index is 0.0982. The first-order valence-electron chi connectivity index (χ1n) is 5.86. The van der Waals surface area contributed by atoms with Gasteiger partial charge in [-0.2, -0.15) is 4.57 Å². The average molecular weight is 260 g/mol. The molecule has 0 fully saturated rings. The Kier molecular flexibility index (Phi) is 2.06. The summed E-state index contributed by atoms with van der Waals surface area (Å²) in [6.45, 7) is 5.97. The minimum atomic E-state index is -0.546. The van der Waals surface area contributed by atoms with Crippen molar-refractivity contribution in [2.45, 2.75) is 26.2 Å². The van der Waals surface area contributed by atoms with Crippen molar-refractivity contribution in [1.82, 2.24) is 4.57 Å². The molecule has 6 nitrogen and oxygen atoms in total. The molecular formula is C13H12N2O4. The van der Waals surface area contributed by atoms with Gasteiger partial charge in [0.2, 0.25) is 0 Å². The summed E-state index contributed by atoms with van der Waals surface area (Å²) >= 11 is 0. The first-order valence-corrected chi connectivity index (χ1v) is 5.86. The number of nitro groups is 1. The topological polar surface area (TPSA) is 77.8 Å². The van der Waals surface area contributed by atoms with Crippen LogP contribution in [0.15, 0.2) is 27.5 Å². The highest BCUT2D eigenvalue weighted by Gasteiger charge is 2.25. The molecule has 0 atom stereocenters. The fourth-order valence-corrected chi connectivity index (χ4v) is 2.31. The molecule has 2 aromatic heterocycles. The number of nitrogens with zero attached hydrogens (tertiary/aromatic N) is 2. The lowest BCUT2D eigenvalue weighted by molar-refractivity contribution is -0.384. The van der Waals surface area contributed by atoms with E-state index < -0.39 is 10.5 Å². The van der Waals surface area contributed by atoms with Crippen LogP contribution in [0.1, 0.15) is 26.5 Å². The summed E-state index contributed by atoms with van der Waals surface area (Å²) in [6, 6.07) is 4.56. The summed E-state index contributed by atoms with van der Waals surface area (Å²) in [6.07, 6.45) is 0. The first kappa shape index (κ1) is 11.7. The summed E-state index contributed by atoms with van der Waals surface area (Å²) < 4.78 is 6.69. The molecular weight excluding hydrogens is 248 g/mol. The Balaban J connectivity index is 2.51. The van der Waals surface area contributed by atoms with Crippen molar-refractivity contribution < 1.29 is 9.45 Å². The number of hydrogen-bond donors (Lipinski definition) is 0. The Morgan fingerprint density at radius 3 is 2.53 bits per heavy atom. The molecule has 19 heavy (non-hydrogen) atoms. The Labute approximate surface area is 107 Å². The van der Waals surface area contributed by atoms with Gasteiger partial charge in [-0.3, -0.25) is 10.1 Å². The molecule has 0 radical (unpaired) electrons. The predicted octanol–water partition coefficient (Wildman–Crippen LogP) is 2.69. The number of non-ortho nitro benzene ring substituents is 1. The zero-order valence-electron chi connectivity index (χ0n) is 10.8. The molecule has 3 aromatic rings. The second kappa shape index (κ2) is 3.34. The number of rotatable bonds is 1.